The highest BCUT2D eigenvalue weighted by atomic mass is 28.2. The Labute approximate surface area is 59.7 Å². The van der Waals surface area contributed by atoms with Crippen LogP contribution in [0.1, 0.15) is 25.7 Å². The van der Waals surface area contributed by atoms with Crippen molar-refractivity contribution in [2.75, 3.05) is 0 Å². The Kier molecular flexibility index (Phi) is 7.84. The Morgan fingerprint density at radius 1 is 1.33 bits per heavy atom. The second kappa shape index (κ2) is 7.92. The molecule has 2 radical (unpaired) electrons. The van der Waals surface area contributed by atoms with E-state index < -0.39 is 0 Å². The zero-order valence-electron chi connectivity index (χ0n) is 5.77. The van der Waals surface area contributed by atoms with E-state index in [1.165, 1.54) is 19.3 Å². The molecule has 0 aromatic heterocycles. The Morgan fingerprint density at radius 2 is 2.11 bits per heavy atom. The minimum absolute atomic E-state index is 0.144. The average molecular weight is 142 g/mol. The van der Waals surface area contributed by atoms with Gasteiger partial charge in [0.15, 0.2) is 0 Å². The SMILES string of the molecule is C=CCCCCC[Si]O. The molecule has 2 heteroatoms. The average Bonchev–Trinajstić information content (AvgIpc) is 1.89. The summed E-state index contributed by atoms with van der Waals surface area (Å²) in [6.07, 6.45) is 6.70. The standard InChI is InChI=1S/C7H14OSi/c1-2-3-4-5-6-7-9-8/h2,8H,1,3-7H2. The number of hydrogen-bond acceptors (Lipinski definition) is 1. The fourth-order valence-electron chi connectivity index (χ4n) is 0.670. The van der Waals surface area contributed by atoms with Crippen molar-refractivity contribution < 1.29 is 4.80 Å². The van der Waals surface area contributed by atoms with Crippen LogP contribution < -0.4 is 0 Å². The highest BCUT2D eigenvalue weighted by Crippen LogP contribution is 2.01. The van der Waals surface area contributed by atoms with Crippen LogP contribution in [0.3, 0.4) is 0 Å². The maximum atomic E-state index is 8.43. The molecule has 0 spiro atoms. The molecule has 1 N–H and O–H groups in total. The van der Waals surface area contributed by atoms with E-state index in [9.17, 15) is 0 Å². The molecule has 0 rings (SSSR count). The molecule has 0 aromatic carbocycles. The molecule has 52 valence electrons. The summed E-state index contributed by atoms with van der Waals surface area (Å²) in [5.41, 5.74) is 0. The van der Waals surface area contributed by atoms with Gasteiger partial charge in [0.05, 0.1) is 0 Å². The second-order valence-electron chi connectivity index (χ2n) is 2.05. The first-order chi connectivity index (χ1) is 4.41. The molecule has 1 nitrogen and oxygen atoms in total. The van der Waals surface area contributed by atoms with Crippen LogP contribution in [0.2, 0.25) is 6.04 Å². The minimum atomic E-state index is 0.144. The summed E-state index contributed by atoms with van der Waals surface area (Å²) in [5.74, 6) is 0. The lowest BCUT2D eigenvalue weighted by Gasteiger charge is -1.93. The molecule has 0 heterocycles. The predicted molar refractivity (Wildman–Crippen MR) is 41.4 cm³/mol. The molecule has 0 saturated carbocycles. The smallest absolute Gasteiger partial charge is 0.224 e. The van der Waals surface area contributed by atoms with Crippen molar-refractivity contribution in [3.63, 3.8) is 0 Å². The first-order valence-corrected chi connectivity index (χ1v) is 4.55. The van der Waals surface area contributed by atoms with Gasteiger partial charge in [-0.3, -0.25) is 0 Å². The highest BCUT2D eigenvalue weighted by Gasteiger charge is 1.86. The van der Waals surface area contributed by atoms with Gasteiger partial charge in [0.2, 0.25) is 9.76 Å². The lowest BCUT2D eigenvalue weighted by molar-refractivity contribution is 0.590. The number of rotatable bonds is 6. The van der Waals surface area contributed by atoms with E-state index in [0.29, 0.717) is 0 Å². The molecule has 0 fully saturated rings. The molecule has 0 atom stereocenters. The lowest BCUT2D eigenvalue weighted by Crippen LogP contribution is -1.85. The second-order valence-corrected chi connectivity index (χ2v) is 2.86. The van der Waals surface area contributed by atoms with E-state index in [4.69, 9.17) is 4.80 Å². The summed E-state index contributed by atoms with van der Waals surface area (Å²) in [5, 5.41) is 0. The molecular weight excluding hydrogens is 128 g/mol. The normalized spacial score (nSPS) is 9.44. The summed E-state index contributed by atoms with van der Waals surface area (Å²) in [6.45, 7) is 3.63. The van der Waals surface area contributed by atoms with Gasteiger partial charge in [-0.2, -0.15) is 0 Å². The molecule has 0 amide bonds. The fraction of sp³-hybridized carbons (Fsp3) is 0.714. The molecule has 0 aliphatic rings. The maximum Gasteiger partial charge on any atom is 0.224 e. The van der Waals surface area contributed by atoms with E-state index in [1.54, 1.807) is 0 Å². The van der Waals surface area contributed by atoms with Gasteiger partial charge in [0, 0.05) is 0 Å². The third-order valence-corrected chi connectivity index (χ3v) is 1.77. The van der Waals surface area contributed by atoms with Crippen LogP contribution in [-0.4, -0.2) is 14.6 Å². The van der Waals surface area contributed by atoms with E-state index in [2.05, 4.69) is 6.58 Å². The van der Waals surface area contributed by atoms with Gasteiger partial charge in [-0.25, -0.2) is 0 Å². The molecule has 9 heavy (non-hydrogen) atoms. The molecule has 0 saturated heterocycles. The van der Waals surface area contributed by atoms with Crippen LogP contribution in [-0.2, 0) is 0 Å². The Hall–Kier alpha value is -0.0831. The monoisotopic (exact) mass is 142 g/mol. The largest absolute Gasteiger partial charge is 0.432 e. The van der Waals surface area contributed by atoms with E-state index in [1.807, 2.05) is 6.08 Å². The molecule has 0 aliphatic heterocycles. The van der Waals surface area contributed by atoms with E-state index >= 15 is 0 Å². The first-order valence-electron chi connectivity index (χ1n) is 3.39. The minimum Gasteiger partial charge on any atom is -0.432 e. The number of hydrogen-bond donors (Lipinski definition) is 1. The Balaban J connectivity index is 2.66. The van der Waals surface area contributed by atoms with Crippen molar-refractivity contribution in [2.45, 2.75) is 31.7 Å². The van der Waals surface area contributed by atoms with Gasteiger partial charge in [0.1, 0.15) is 0 Å². The van der Waals surface area contributed by atoms with Crippen LogP contribution >= 0.6 is 0 Å². The van der Waals surface area contributed by atoms with Gasteiger partial charge in [0.25, 0.3) is 0 Å². The highest BCUT2D eigenvalue weighted by molar-refractivity contribution is 6.25. The molecular formula is C7H14OSi. The molecule has 0 aliphatic carbocycles. The summed E-state index contributed by atoms with van der Waals surface area (Å²) < 4.78 is 0. The van der Waals surface area contributed by atoms with Gasteiger partial charge in [-0.1, -0.05) is 18.9 Å². The molecule has 0 unspecified atom stereocenters. The van der Waals surface area contributed by atoms with Gasteiger partial charge in [-0.15, -0.1) is 6.58 Å². The first kappa shape index (κ1) is 8.92. The van der Waals surface area contributed by atoms with Crippen molar-refractivity contribution in [2.24, 2.45) is 0 Å². The van der Waals surface area contributed by atoms with E-state index in [-0.39, 0.29) is 9.76 Å². The summed E-state index contributed by atoms with van der Waals surface area (Å²) in [6, 6.07) is 0.983. The van der Waals surface area contributed by atoms with Gasteiger partial charge in [-0.05, 0) is 18.9 Å². The Bertz CT molecular complexity index is 63.9. The maximum absolute atomic E-state index is 8.43. The van der Waals surface area contributed by atoms with Crippen molar-refractivity contribution in [3.8, 4) is 0 Å². The molecule has 0 bridgehead atoms. The zero-order chi connectivity index (χ0) is 6.95. The van der Waals surface area contributed by atoms with Crippen molar-refractivity contribution in [3.05, 3.63) is 12.7 Å². The van der Waals surface area contributed by atoms with Crippen LogP contribution in [0, 0.1) is 0 Å². The predicted octanol–water partition coefficient (Wildman–Crippen LogP) is 1.76. The molecule has 0 aromatic rings. The van der Waals surface area contributed by atoms with Crippen LogP contribution in [0.5, 0.6) is 0 Å². The lowest BCUT2D eigenvalue weighted by atomic mass is 10.2. The van der Waals surface area contributed by atoms with Crippen LogP contribution in [0.4, 0.5) is 0 Å². The zero-order valence-corrected chi connectivity index (χ0v) is 6.77. The quantitative estimate of drug-likeness (QED) is 0.340. The number of unbranched alkanes of at least 4 members (excludes halogenated alkanes) is 3. The van der Waals surface area contributed by atoms with Gasteiger partial charge < -0.3 is 4.80 Å². The summed E-state index contributed by atoms with van der Waals surface area (Å²) in [4.78, 5) is 8.43. The fourth-order valence-corrected chi connectivity index (χ4v) is 1.08. The third-order valence-electron chi connectivity index (χ3n) is 1.20. The van der Waals surface area contributed by atoms with Crippen LogP contribution in [0.25, 0.3) is 0 Å². The third kappa shape index (κ3) is 7.92. The topological polar surface area (TPSA) is 20.2 Å². The summed E-state index contributed by atoms with van der Waals surface area (Å²) in [7, 11) is 0.144. The number of allylic oxidation sites excluding steroid dienone is 1. The van der Waals surface area contributed by atoms with Crippen LogP contribution in [0.15, 0.2) is 12.7 Å². The van der Waals surface area contributed by atoms with Crippen molar-refractivity contribution in [1.82, 2.24) is 0 Å². The Morgan fingerprint density at radius 3 is 2.67 bits per heavy atom. The summed E-state index contributed by atoms with van der Waals surface area (Å²) >= 11 is 0. The van der Waals surface area contributed by atoms with Crippen molar-refractivity contribution >= 4 is 9.76 Å². The van der Waals surface area contributed by atoms with Gasteiger partial charge >= 0.3 is 0 Å². The van der Waals surface area contributed by atoms with E-state index in [0.717, 1.165) is 12.5 Å². The van der Waals surface area contributed by atoms with Crippen molar-refractivity contribution in [1.29, 1.82) is 0 Å².